The van der Waals surface area contributed by atoms with Gasteiger partial charge in [0.1, 0.15) is 5.15 Å². The van der Waals surface area contributed by atoms with Gasteiger partial charge in [-0.2, -0.15) is 0 Å². The highest BCUT2D eigenvalue weighted by molar-refractivity contribution is 6.47. The molecule has 0 unspecified atom stereocenters. The molecule has 1 aromatic heterocycles. The van der Waals surface area contributed by atoms with Gasteiger partial charge < -0.3 is 0 Å². The molecule has 0 atom stereocenters. The number of rotatable bonds is 0. The molecule has 0 aliphatic heterocycles. The maximum Gasteiger partial charge on any atom is 0.149 e. The molecule has 0 saturated carbocycles. The van der Waals surface area contributed by atoms with Crippen molar-refractivity contribution in [2.75, 3.05) is 0 Å². The van der Waals surface area contributed by atoms with Crippen LogP contribution in [0.1, 0.15) is 0 Å². The molecule has 0 aromatic carbocycles. The van der Waals surface area contributed by atoms with Crippen molar-refractivity contribution in [3.05, 3.63) is 27.5 Å². The Bertz CT molecular complexity index is 208. The van der Waals surface area contributed by atoms with Gasteiger partial charge in [-0.1, -0.05) is 34.8 Å². The van der Waals surface area contributed by atoms with Crippen molar-refractivity contribution < 1.29 is 0 Å². The topological polar surface area (TPSA) is 64.9 Å². The zero-order chi connectivity index (χ0) is 8.85. The number of halogens is 3. The summed E-state index contributed by atoms with van der Waals surface area (Å²) in [6.07, 6.45) is 1.50. The molecule has 62 valence electrons. The van der Waals surface area contributed by atoms with E-state index < -0.39 is 0 Å². The molecular weight excluding hydrogens is 208 g/mol. The molecule has 1 aromatic rings. The third kappa shape index (κ3) is 3.22. The smallest absolute Gasteiger partial charge is 0.149 e. The fourth-order valence-electron chi connectivity index (χ4n) is 0.397. The third-order valence-corrected chi connectivity index (χ3v) is 1.98. The molecule has 0 bridgehead atoms. The Balaban J connectivity index is 0.000000461. The van der Waals surface area contributed by atoms with E-state index in [-0.39, 0.29) is 5.15 Å². The predicted octanol–water partition coefficient (Wildman–Crippen LogP) is 1.86. The van der Waals surface area contributed by atoms with Gasteiger partial charge in [0.25, 0.3) is 0 Å². The SMILES string of the molecule is Clc1ccnc(Cl)c1Cl.NN. The maximum absolute atomic E-state index is 5.56. The first kappa shape index (κ1) is 10.9. The van der Waals surface area contributed by atoms with Gasteiger partial charge >= 0.3 is 0 Å². The summed E-state index contributed by atoms with van der Waals surface area (Å²) in [5.41, 5.74) is 0. The van der Waals surface area contributed by atoms with Crippen molar-refractivity contribution >= 4 is 34.8 Å². The Hall–Kier alpha value is -0.0600. The Kier molecular flexibility index (Phi) is 5.54. The van der Waals surface area contributed by atoms with Crippen LogP contribution in [0.25, 0.3) is 0 Å². The average molecular weight is 214 g/mol. The van der Waals surface area contributed by atoms with E-state index in [9.17, 15) is 0 Å². The minimum Gasteiger partial charge on any atom is -0.274 e. The summed E-state index contributed by atoms with van der Waals surface area (Å²) in [5, 5.41) is 0.974. The van der Waals surface area contributed by atoms with E-state index >= 15 is 0 Å². The highest BCUT2D eigenvalue weighted by atomic mass is 35.5. The minimum atomic E-state index is 0.240. The van der Waals surface area contributed by atoms with Crippen molar-refractivity contribution in [1.82, 2.24) is 4.98 Å². The van der Waals surface area contributed by atoms with Crippen LogP contribution in [0.2, 0.25) is 15.2 Å². The van der Waals surface area contributed by atoms with Gasteiger partial charge in [0, 0.05) is 6.20 Å². The molecule has 0 radical (unpaired) electrons. The molecule has 0 saturated heterocycles. The monoisotopic (exact) mass is 213 g/mol. The van der Waals surface area contributed by atoms with Crippen LogP contribution in [0.4, 0.5) is 0 Å². The van der Waals surface area contributed by atoms with Crippen LogP contribution in [0.15, 0.2) is 12.3 Å². The Morgan fingerprint density at radius 2 is 1.73 bits per heavy atom. The van der Waals surface area contributed by atoms with Gasteiger partial charge in [-0.25, -0.2) is 4.98 Å². The molecule has 0 aliphatic rings. The summed E-state index contributed by atoms with van der Waals surface area (Å²) in [6.45, 7) is 0. The van der Waals surface area contributed by atoms with Gasteiger partial charge in [-0.05, 0) is 6.07 Å². The number of hydrogen-bond acceptors (Lipinski definition) is 3. The van der Waals surface area contributed by atoms with Crippen LogP contribution >= 0.6 is 34.8 Å². The fraction of sp³-hybridized carbons (Fsp3) is 0. The van der Waals surface area contributed by atoms with E-state index in [1.807, 2.05) is 0 Å². The molecule has 0 amide bonds. The second kappa shape index (κ2) is 5.57. The summed E-state index contributed by atoms with van der Waals surface area (Å²) in [4.78, 5) is 3.69. The molecule has 0 fully saturated rings. The Morgan fingerprint density at radius 3 is 2.09 bits per heavy atom. The third-order valence-electron chi connectivity index (χ3n) is 0.800. The first-order valence-corrected chi connectivity index (χ1v) is 3.64. The van der Waals surface area contributed by atoms with Crippen LogP contribution in [-0.2, 0) is 0 Å². The Morgan fingerprint density at radius 1 is 1.18 bits per heavy atom. The van der Waals surface area contributed by atoms with Crippen molar-refractivity contribution in [3.8, 4) is 0 Å². The zero-order valence-corrected chi connectivity index (χ0v) is 7.66. The average Bonchev–Trinajstić information content (AvgIpc) is 2.04. The van der Waals surface area contributed by atoms with E-state index in [1.54, 1.807) is 6.07 Å². The predicted molar refractivity (Wildman–Crippen MR) is 47.6 cm³/mol. The summed E-state index contributed by atoms with van der Waals surface area (Å²) >= 11 is 16.6. The first-order valence-electron chi connectivity index (χ1n) is 2.50. The number of hydrogen-bond donors (Lipinski definition) is 2. The second-order valence-electron chi connectivity index (χ2n) is 1.40. The minimum absolute atomic E-state index is 0.240. The molecule has 4 N–H and O–H groups in total. The van der Waals surface area contributed by atoms with E-state index in [4.69, 9.17) is 34.8 Å². The highest BCUT2D eigenvalue weighted by Gasteiger charge is 2.00. The largest absolute Gasteiger partial charge is 0.274 e. The van der Waals surface area contributed by atoms with E-state index in [1.165, 1.54) is 6.20 Å². The second-order valence-corrected chi connectivity index (χ2v) is 2.54. The molecule has 3 nitrogen and oxygen atoms in total. The zero-order valence-electron chi connectivity index (χ0n) is 5.39. The van der Waals surface area contributed by atoms with E-state index in [0.717, 1.165) is 0 Å². The lowest BCUT2D eigenvalue weighted by molar-refractivity contribution is 1.26. The lowest BCUT2D eigenvalue weighted by Crippen LogP contribution is -2.02. The maximum atomic E-state index is 5.56. The molecule has 0 aliphatic carbocycles. The summed E-state index contributed by atoms with van der Waals surface area (Å²) in [6, 6.07) is 1.58. The standard InChI is InChI=1S/C5H2Cl3N.H4N2/c6-3-1-2-9-5(8)4(3)7;1-2/h1-2H;1-2H2. The summed E-state index contributed by atoms with van der Waals surface area (Å²) < 4.78 is 0. The summed E-state index contributed by atoms with van der Waals surface area (Å²) in [7, 11) is 0. The van der Waals surface area contributed by atoms with Crippen LogP contribution in [0, 0.1) is 0 Å². The number of hydrazine groups is 1. The first-order chi connectivity index (χ1) is 5.22. The lowest BCUT2D eigenvalue weighted by Gasteiger charge is -1.93. The van der Waals surface area contributed by atoms with E-state index in [0.29, 0.717) is 10.0 Å². The van der Waals surface area contributed by atoms with Gasteiger partial charge in [0.15, 0.2) is 0 Å². The number of aromatic nitrogens is 1. The quantitative estimate of drug-likeness (QED) is 0.394. The fourth-order valence-corrected chi connectivity index (χ4v) is 0.861. The van der Waals surface area contributed by atoms with Crippen molar-refractivity contribution in [1.29, 1.82) is 0 Å². The van der Waals surface area contributed by atoms with Crippen LogP contribution in [-0.4, -0.2) is 4.98 Å². The molecule has 11 heavy (non-hydrogen) atoms. The molecule has 1 heterocycles. The van der Waals surface area contributed by atoms with E-state index in [2.05, 4.69) is 16.7 Å². The summed E-state index contributed by atoms with van der Waals surface area (Å²) in [5.74, 6) is 8.00. The molecule has 0 spiro atoms. The normalized spacial score (nSPS) is 8.45. The molecule has 6 heteroatoms. The number of pyridine rings is 1. The Labute approximate surface area is 79.2 Å². The van der Waals surface area contributed by atoms with Crippen molar-refractivity contribution in [2.45, 2.75) is 0 Å². The van der Waals surface area contributed by atoms with Gasteiger partial charge in [-0.15, -0.1) is 0 Å². The molecule has 1 rings (SSSR count). The van der Waals surface area contributed by atoms with Crippen LogP contribution < -0.4 is 11.7 Å². The molecular formula is C5H6Cl3N3. The lowest BCUT2D eigenvalue weighted by atomic mass is 10.5. The van der Waals surface area contributed by atoms with Crippen LogP contribution in [0.3, 0.4) is 0 Å². The van der Waals surface area contributed by atoms with Crippen LogP contribution in [0.5, 0.6) is 0 Å². The van der Waals surface area contributed by atoms with Gasteiger partial charge in [0.2, 0.25) is 0 Å². The van der Waals surface area contributed by atoms with Crippen molar-refractivity contribution in [2.24, 2.45) is 11.7 Å². The van der Waals surface area contributed by atoms with Crippen molar-refractivity contribution in [3.63, 3.8) is 0 Å². The van der Waals surface area contributed by atoms with Gasteiger partial charge in [0.05, 0.1) is 10.0 Å². The highest BCUT2D eigenvalue weighted by Crippen LogP contribution is 2.26. The number of nitrogens with two attached hydrogens (primary N) is 2. The van der Waals surface area contributed by atoms with Gasteiger partial charge in [-0.3, -0.25) is 11.7 Å². The number of nitrogens with zero attached hydrogens (tertiary/aromatic N) is 1.